The van der Waals surface area contributed by atoms with Crippen LogP contribution in [0.25, 0.3) is 0 Å². The number of hydrogen-bond acceptors (Lipinski definition) is 2. The van der Waals surface area contributed by atoms with Crippen LogP contribution in [0, 0.1) is 5.92 Å². The van der Waals surface area contributed by atoms with Gasteiger partial charge >= 0.3 is 6.03 Å². The van der Waals surface area contributed by atoms with Crippen LogP contribution < -0.4 is 5.32 Å². The predicted octanol–water partition coefficient (Wildman–Crippen LogP) is 1.13. The third kappa shape index (κ3) is 2.32. The summed E-state index contributed by atoms with van der Waals surface area (Å²) in [5.74, 6) is 0.654. The minimum Gasteiger partial charge on any atom is -0.323 e. The van der Waals surface area contributed by atoms with Gasteiger partial charge in [0.05, 0.1) is 6.04 Å². The highest BCUT2D eigenvalue weighted by atomic mass is 16.2. The lowest BCUT2D eigenvalue weighted by atomic mass is 9.99. The van der Waals surface area contributed by atoms with E-state index in [2.05, 4.69) is 12.2 Å². The fourth-order valence-corrected chi connectivity index (χ4v) is 2.78. The van der Waals surface area contributed by atoms with Gasteiger partial charge in [-0.05, 0) is 38.3 Å². The quantitative estimate of drug-likeness (QED) is 0.781. The molecule has 4 nitrogen and oxygen atoms in total. The fourth-order valence-electron chi connectivity index (χ4n) is 2.78. The molecule has 2 fully saturated rings. The summed E-state index contributed by atoms with van der Waals surface area (Å²) in [6.45, 7) is 6.22. The smallest absolute Gasteiger partial charge is 0.320 e. The molecule has 2 atom stereocenters. The molecule has 2 aliphatic rings. The molecule has 0 bridgehead atoms. The molecule has 0 aromatic heterocycles. The van der Waals surface area contributed by atoms with Crippen molar-refractivity contribution >= 4 is 6.03 Å². The Hall–Kier alpha value is -0.770. The summed E-state index contributed by atoms with van der Waals surface area (Å²) >= 11 is 0. The SMILES string of the molecule is CCC1CN(CC2CCCNC2)C(=O)N1C. The maximum absolute atomic E-state index is 12.0. The molecule has 1 N–H and O–H groups in total. The van der Waals surface area contributed by atoms with Crippen LogP contribution in [0.2, 0.25) is 0 Å². The third-order valence-corrected chi connectivity index (χ3v) is 3.90. The topological polar surface area (TPSA) is 35.6 Å². The number of nitrogens with zero attached hydrogens (tertiary/aromatic N) is 2. The fraction of sp³-hybridized carbons (Fsp3) is 0.917. The Bertz CT molecular complexity index is 251. The second-order valence-corrected chi connectivity index (χ2v) is 5.07. The number of amides is 2. The zero-order chi connectivity index (χ0) is 11.5. The Labute approximate surface area is 98.0 Å². The van der Waals surface area contributed by atoms with Gasteiger partial charge in [0, 0.05) is 20.1 Å². The largest absolute Gasteiger partial charge is 0.323 e. The Morgan fingerprint density at radius 2 is 2.31 bits per heavy atom. The number of urea groups is 1. The van der Waals surface area contributed by atoms with Crippen LogP contribution in [-0.2, 0) is 0 Å². The summed E-state index contributed by atoms with van der Waals surface area (Å²) in [7, 11) is 1.93. The van der Waals surface area contributed by atoms with Gasteiger partial charge in [-0.15, -0.1) is 0 Å². The van der Waals surface area contributed by atoms with Crippen LogP contribution >= 0.6 is 0 Å². The van der Waals surface area contributed by atoms with Gasteiger partial charge in [-0.25, -0.2) is 4.79 Å². The molecule has 2 saturated heterocycles. The summed E-state index contributed by atoms with van der Waals surface area (Å²) in [6, 6.07) is 0.640. The molecule has 0 saturated carbocycles. The van der Waals surface area contributed by atoms with Gasteiger partial charge < -0.3 is 15.1 Å². The molecular weight excluding hydrogens is 202 g/mol. The summed E-state index contributed by atoms with van der Waals surface area (Å²) < 4.78 is 0. The van der Waals surface area contributed by atoms with Crippen LogP contribution in [0.5, 0.6) is 0 Å². The van der Waals surface area contributed by atoms with Crippen LogP contribution in [0.3, 0.4) is 0 Å². The minimum atomic E-state index is 0.220. The first kappa shape index (κ1) is 11.7. The minimum absolute atomic E-state index is 0.220. The number of nitrogens with one attached hydrogen (secondary N) is 1. The standard InChI is InChI=1S/C12H23N3O/c1-3-11-9-15(12(16)14(11)2)8-10-5-4-6-13-7-10/h10-11,13H,3-9H2,1-2H3. The van der Waals surface area contributed by atoms with Gasteiger partial charge in [-0.1, -0.05) is 6.92 Å². The first-order chi connectivity index (χ1) is 7.72. The lowest BCUT2D eigenvalue weighted by Gasteiger charge is -2.27. The zero-order valence-electron chi connectivity index (χ0n) is 10.4. The number of hydrogen-bond donors (Lipinski definition) is 1. The second kappa shape index (κ2) is 5.04. The Morgan fingerprint density at radius 3 is 2.88 bits per heavy atom. The lowest BCUT2D eigenvalue weighted by molar-refractivity contribution is 0.185. The third-order valence-electron chi connectivity index (χ3n) is 3.90. The second-order valence-electron chi connectivity index (χ2n) is 5.07. The number of carbonyl (C=O) groups is 1. The number of likely N-dealkylation sites (N-methyl/N-ethyl adjacent to an activating group) is 1. The van der Waals surface area contributed by atoms with Crippen molar-refractivity contribution in [2.75, 3.05) is 33.2 Å². The van der Waals surface area contributed by atoms with Crippen molar-refractivity contribution in [3.05, 3.63) is 0 Å². The zero-order valence-corrected chi connectivity index (χ0v) is 10.4. The molecule has 2 amide bonds. The van der Waals surface area contributed by atoms with Crippen molar-refractivity contribution in [1.29, 1.82) is 0 Å². The van der Waals surface area contributed by atoms with Crippen molar-refractivity contribution in [2.24, 2.45) is 5.92 Å². The molecule has 0 aromatic rings. The lowest BCUT2D eigenvalue weighted by Crippen LogP contribution is -2.39. The van der Waals surface area contributed by atoms with Crippen LogP contribution in [-0.4, -0.2) is 55.1 Å². The molecule has 0 aliphatic carbocycles. The van der Waals surface area contributed by atoms with E-state index in [0.29, 0.717) is 12.0 Å². The predicted molar refractivity (Wildman–Crippen MR) is 64.4 cm³/mol. The summed E-state index contributed by atoms with van der Waals surface area (Å²) in [5.41, 5.74) is 0. The van der Waals surface area contributed by atoms with Gasteiger partial charge in [0.1, 0.15) is 0 Å². The van der Waals surface area contributed by atoms with Gasteiger partial charge in [0.2, 0.25) is 0 Å². The number of rotatable bonds is 3. The number of piperidine rings is 1. The van der Waals surface area contributed by atoms with Gasteiger partial charge in [-0.2, -0.15) is 0 Å². The average molecular weight is 225 g/mol. The highest BCUT2D eigenvalue weighted by molar-refractivity contribution is 5.76. The highest BCUT2D eigenvalue weighted by Crippen LogP contribution is 2.20. The van der Waals surface area contributed by atoms with Crippen molar-refractivity contribution in [1.82, 2.24) is 15.1 Å². The average Bonchev–Trinajstić information content (AvgIpc) is 2.58. The molecule has 4 heteroatoms. The first-order valence-corrected chi connectivity index (χ1v) is 6.44. The Balaban J connectivity index is 1.87. The van der Waals surface area contributed by atoms with E-state index in [1.54, 1.807) is 0 Å². The van der Waals surface area contributed by atoms with Crippen LogP contribution in [0.15, 0.2) is 0 Å². The molecule has 92 valence electrons. The molecule has 2 rings (SSSR count). The molecule has 0 spiro atoms. The van der Waals surface area contributed by atoms with E-state index >= 15 is 0 Å². The van der Waals surface area contributed by atoms with Gasteiger partial charge in [0.15, 0.2) is 0 Å². The van der Waals surface area contributed by atoms with Crippen molar-refractivity contribution < 1.29 is 4.79 Å². The Morgan fingerprint density at radius 1 is 1.50 bits per heavy atom. The number of carbonyl (C=O) groups excluding carboxylic acids is 1. The van der Waals surface area contributed by atoms with E-state index in [9.17, 15) is 4.79 Å². The van der Waals surface area contributed by atoms with E-state index in [1.165, 1.54) is 12.8 Å². The van der Waals surface area contributed by atoms with E-state index in [0.717, 1.165) is 32.6 Å². The van der Waals surface area contributed by atoms with E-state index in [1.807, 2.05) is 16.8 Å². The van der Waals surface area contributed by atoms with Gasteiger partial charge in [-0.3, -0.25) is 0 Å². The molecule has 2 aliphatic heterocycles. The van der Waals surface area contributed by atoms with Crippen LogP contribution in [0.1, 0.15) is 26.2 Å². The summed E-state index contributed by atoms with van der Waals surface area (Å²) in [4.78, 5) is 15.9. The molecule has 2 unspecified atom stereocenters. The molecular formula is C12H23N3O. The highest BCUT2D eigenvalue weighted by Gasteiger charge is 2.34. The summed E-state index contributed by atoms with van der Waals surface area (Å²) in [5, 5.41) is 3.41. The normalized spacial score (nSPS) is 31.2. The van der Waals surface area contributed by atoms with Crippen LogP contribution in [0.4, 0.5) is 4.79 Å². The molecule has 0 radical (unpaired) electrons. The Kier molecular flexibility index (Phi) is 3.69. The molecule has 2 heterocycles. The molecule has 0 aromatic carbocycles. The van der Waals surface area contributed by atoms with Crippen molar-refractivity contribution in [3.63, 3.8) is 0 Å². The first-order valence-electron chi connectivity index (χ1n) is 6.44. The van der Waals surface area contributed by atoms with E-state index in [-0.39, 0.29) is 6.03 Å². The summed E-state index contributed by atoms with van der Waals surface area (Å²) in [6.07, 6.45) is 3.57. The van der Waals surface area contributed by atoms with E-state index < -0.39 is 0 Å². The van der Waals surface area contributed by atoms with Crippen molar-refractivity contribution in [2.45, 2.75) is 32.2 Å². The molecule has 16 heavy (non-hydrogen) atoms. The monoisotopic (exact) mass is 225 g/mol. The maximum atomic E-state index is 12.0. The van der Waals surface area contributed by atoms with Gasteiger partial charge in [0.25, 0.3) is 0 Å². The van der Waals surface area contributed by atoms with E-state index in [4.69, 9.17) is 0 Å². The van der Waals surface area contributed by atoms with Crippen molar-refractivity contribution in [3.8, 4) is 0 Å². The maximum Gasteiger partial charge on any atom is 0.320 e.